The lowest BCUT2D eigenvalue weighted by atomic mass is 9.92. The molecule has 2 aromatic heterocycles. The largest absolute Gasteiger partial charge is 0.248 e. The first-order valence-corrected chi connectivity index (χ1v) is 14.6. The molecule has 0 unspecified atom stereocenters. The van der Waals surface area contributed by atoms with Crippen LogP contribution in [0.25, 0.3) is 11.4 Å². The molecule has 4 nitrogen and oxygen atoms in total. The fourth-order valence-corrected chi connectivity index (χ4v) is 5.53. The van der Waals surface area contributed by atoms with Crippen molar-refractivity contribution in [1.82, 2.24) is 9.13 Å². The maximum absolute atomic E-state index is 2.34. The molecule has 2 aromatic carbocycles. The van der Waals surface area contributed by atoms with Gasteiger partial charge in [-0.3, -0.25) is 0 Å². The normalized spacial score (nSPS) is 12.0. The minimum absolute atomic E-state index is 0.494. The van der Waals surface area contributed by atoms with E-state index in [2.05, 4.69) is 147 Å². The van der Waals surface area contributed by atoms with Crippen LogP contribution in [-0.4, -0.2) is 9.13 Å². The molecule has 0 aliphatic heterocycles. The van der Waals surface area contributed by atoms with Gasteiger partial charge in [0.05, 0.1) is 13.1 Å². The quantitative estimate of drug-likeness (QED) is 0.144. The average molecular weight is 513 g/mol. The summed E-state index contributed by atoms with van der Waals surface area (Å²) in [6, 6.07) is 13.5. The van der Waals surface area contributed by atoms with E-state index in [1.54, 1.807) is 0 Å². The predicted octanol–water partition coefficient (Wildman–Crippen LogP) is 7.82. The summed E-state index contributed by atoms with van der Waals surface area (Å²) in [5.74, 6) is 1.97. The third-order valence-corrected chi connectivity index (χ3v) is 7.67. The lowest BCUT2D eigenvalue weighted by Gasteiger charge is -2.16. The molecule has 4 aromatic rings. The SMILES string of the molecule is CC(C)c1cccc(C(C)C)c1-n1cc[n+](CCCC[n+]2ccn(-c3c(C(C)C)cccc3C(C)C)c2)c1. The number of rotatable bonds is 11. The van der Waals surface area contributed by atoms with Crippen LogP contribution < -0.4 is 9.13 Å². The standard InChI is InChI=1S/C34H48N4/c1-25(2)29-13-11-14-30(26(3)4)33(29)37-21-19-35(23-37)17-9-10-18-36-20-22-38(24-36)34-31(27(5)6)15-12-16-32(34)28(7)8/h11-16,19-28H,9-10,17-18H2,1-8H3/q+2. The highest BCUT2D eigenvalue weighted by Crippen LogP contribution is 2.31. The van der Waals surface area contributed by atoms with Crippen molar-refractivity contribution in [1.29, 1.82) is 0 Å². The van der Waals surface area contributed by atoms with Gasteiger partial charge in [-0.2, -0.15) is 0 Å². The maximum Gasteiger partial charge on any atom is 0.248 e. The summed E-state index contributed by atoms with van der Waals surface area (Å²) in [5, 5.41) is 0. The molecular formula is C34H48N4+2. The van der Waals surface area contributed by atoms with Crippen LogP contribution in [-0.2, 0) is 13.1 Å². The molecule has 0 aliphatic carbocycles. The van der Waals surface area contributed by atoms with Crippen LogP contribution in [0.4, 0.5) is 0 Å². The minimum Gasteiger partial charge on any atom is -0.236 e. The zero-order valence-electron chi connectivity index (χ0n) is 24.9. The van der Waals surface area contributed by atoms with Crippen LogP contribution >= 0.6 is 0 Å². The third-order valence-electron chi connectivity index (χ3n) is 7.67. The number of hydrogen-bond donors (Lipinski definition) is 0. The van der Waals surface area contributed by atoms with Crippen LogP contribution in [0.5, 0.6) is 0 Å². The van der Waals surface area contributed by atoms with E-state index in [0.29, 0.717) is 23.7 Å². The number of imidazole rings is 2. The van der Waals surface area contributed by atoms with Crippen LogP contribution in [0.15, 0.2) is 73.8 Å². The van der Waals surface area contributed by atoms with Gasteiger partial charge in [-0.1, -0.05) is 91.8 Å². The van der Waals surface area contributed by atoms with Gasteiger partial charge < -0.3 is 0 Å². The van der Waals surface area contributed by atoms with Crippen LogP contribution in [0.2, 0.25) is 0 Å². The molecule has 2 heterocycles. The Labute approximate surface area is 230 Å². The molecule has 4 heteroatoms. The first-order chi connectivity index (χ1) is 18.2. The molecule has 4 rings (SSSR count). The van der Waals surface area contributed by atoms with Gasteiger partial charge in [0.25, 0.3) is 0 Å². The molecular weight excluding hydrogens is 464 g/mol. The van der Waals surface area contributed by atoms with E-state index in [4.69, 9.17) is 0 Å². The van der Waals surface area contributed by atoms with E-state index >= 15 is 0 Å². The van der Waals surface area contributed by atoms with Gasteiger partial charge >= 0.3 is 0 Å². The van der Waals surface area contributed by atoms with Crippen molar-refractivity contribution in [3.05, 3.63) is 96.1 Å². The summed E-state index contributed by atoms with van der Waals surface area (Å²) < 4.78 is 9.34. The second-order valence-electron chi connectivity index (χ2n) is 12.0. The van der Waals surface area contributed by atoms with E-state index in [1.807, 2.05) is 0 Å². The van der Waals surface area contributed by atoms with Crippen LogP contribution in [0, 0.1) is 0 Å². The zero-order valence-corrected chi connectivity index (χ0v) is 24.9. The molecule has 0 radical (unpaired) electrons. The number of aromatic nitrogens is 4. The van der Waals surface area contributed by atoms with Gasteiger partial charge in [0, 0.05) is 22.3 Å². The number of unbranched alkanes of at least 4 members (excludes halogenated alkanes) is 1. The Morgan fingerprint density at radius 1 is 0.526 bits per heavy atom. The average Bonchev–Trinajstić information content (AvgIpc) is 3.55. The molecule has 0 amide bonds. The molecule has 0 spiro atoms. The monoisotopic (exact) mass is 512 g/mol. The molecule has 0 N–H and O–H groups in total. The van der Waals surface area contributed by atoms with Gasteiger partial charge in [0.2, 0.25) is 12.7 Å². The van der Waals surface area contributed by atoms with Crippen molar-refractivity contribution >= 4 is 0 Å². The first kappa shape index (κ1) is 27.9. The summed E-state index contributed by atoms with van der Waals surface area (Å²) in [4.78, 5) is 0. The Morgan fingerprint density at radius 3 is 1.13 bits per heavy atom. The van der Waals surface area contributed by atoms with Crippen molar-refractivity contribution in [2.24, 2.45) is 0 Å². The highest BCUT2D eigenvalue weighted by Gasteiger charge is 2.21. The van der Waals surface area contributed by atoms with Gasteiger partial charge in [0.1, 0.15) is 36.2 Å². The van der Waals surface area contributed by atoms with E-state index in [0.717, 1.165) is 25.9 Å². The van der Waals surface area contributed by atoms with Gasteiger partial charge in [-0.15, -0.1) is 0 Å². The first-order valence-electron chi connectivity index (χ1n) is 14.6. The Bertz CT molecular complexity index is 1180. The van der Waals surface area contributed by atoms with Gasteiger partial charge in [0.15, 0.2) is 0 Å². The molecule has 0 saturated carbocycles. The highest BCUT2D eigenvalue weighted by atomic mass is 15.1. The molecule has 202 valence electrons. The Hall–Kier alpha value is -3.14. The molecule has 0 fully saturated rings. The fourth-order valence-electron chi connectivity index (χ4n) is 5.53. The number of hydrogen-bond acceptors (Lipinski definition) is 0. The lowest BCUT2D eigenvalue weighted by molar-refractivity contribution is -0.707. The summed E-state index contributed by atoms with van der Waals surface area (Å²) >= 11 is 0. The number of aryl methyl sites for hydroxylation is 2. The number of para-hydroxylation sites is 2. The Morgan fingerprint density at radius 2 is 0.842 bits per heavy atom. The lowest BCUT2D eigenvalue weighted by Crippen LogP contribution is -2.34. The summed E-state index contributed by atoms with van der Waals surface area (Å²) in [7, 11) is 0. The van der Waals surface area contributed by atoms with E-state index in [-0.39, 0.29) is 0 Å². The molecule has 0 aliphatic rings. The Balaban J connectivity index is 1.42. The van der Waals surface area contributed by atoms with E-state index in [1.165, 1.54) is 33.6 Å². The molecule has 38 heavy (non-hydrogen) atoms. The smallest absolute Gasteiger partial charge is 0.236 e. The van der Waals surface area contributed by atoms with E-state index < -0.39 is 0 Å². The van der Waals surface area contributed by atoms with Crippen LogP contribution in [0.1, 0.15) is 114 Å². The molecule has 0 bridgehead atoms. The highest BCUT2D eigenvalue weighted by molar-refractivity contribution is 5.51. The Kier molecular flexibility index (Phi) is 8.91. The zero-order chi connectivity index (χ0) is 27.4. The second-order valence-corrected chi connectivity index (χ2v) is 12.0. The van der Waals surface area contributed by atoms with Crippen molar-refractivity contribution in [3.8, 4) is 11.4 Å². The van der Waals surface area contributed by atoms with Crippen molar-refractivity contribution in [2.75, 3.05) is 0 Å². The summed E-state index contributed by atoms with van der Waals surface area (Å²) in [6.07, 6.45) is 15.7. The maximum atomic E-state index is 2.34. The number of benzene rings is 2. The minimum atomic E-state index is 0.494. The number of nitrogens with zero attached hydrogens (tertiary/aromatic N) is 4. The molecule has 0 atom stereocenters. The van der Waals surface area contributed by atoms with Gasteiger partial charge in [-0.25, -0.2) is 18.3 Å². The third kappa shape index (κ3) is 6.11. The predicted molar refractivity (Wildman–Crippen MR) is 158 cm³/mol. The summed E-state index contributed by atoms with van der Waals surface area (Å²) in [6.45, 7) is 20.4. The van der Waals surface area contributed by atoms with E-state index in [9.17, 15) is 0 Å². The topological polar surface area (TPSA) is 17.6 Å². The van der Waals surface area contributed by atoms with Crippen molar-refractivity contribution in [2.45, 2.75) is 105 Å². The fraction of sp³-hybridized carbons (Fsp3) is 0.471. The van der Waals surface area contributed by atoms with Gasteiger partial charge in [-0.05, 0) is 36.5 Å². The van der Waals surface area contributed by atoms with Crippen LogP contribution in [0.3, 0.4) is 0 Å². The second kappa shape index (κ2) is 12.1. The summed E-state index contributed by atoms with van der Waals surface area (Å²) in [5.41, 5.74) is 8.38. The molecule has 0 saturated heterocycles. The van der Waals surface area contributed by atoms with Crippen molar-refractivity contribution in [3.63, 3.8) is 0 Å². The van der Waals surface area contributed by atoms with Crippen molar-refractivity contribution < 1.29 is 9.13 Å².